The van der Waals surface area contributed by atoms with E-state index in [1.54, 1.807) is 6.08 Å². The molecule has 1 aliphatic rings. The summed E-state index contributed by atoms with van der Waals surface area (Å²) in [7, 11) is 0. The van der Waals surface area contributed by atoms with Crippen LogP contribution in [-0.4, -0.2) is 46.4 Å². The van der Waals surface area contributed by atoms with Gasteiger partial charge in [-0.2, -0.15) is 5.26 Å². The Hall–Kier alpha value is -2.33. The van der Waals surface area contributed by atoms with Gasteiger partial charge in [-0.05, 0) is 65.8 Å². The number of nitrogens with zero attached hydrogens (tertiary/aromatic N) is 2. The second-order valence-corrected chi connectivity index (χ2v) is 9.65. The quantitative estimate of drug-likeness (QED) is 0.444. The molecule has 0 aromatic heterocycles. The molecule has 3 unspecified atom stereocenters. The van der Waals surface area contributed by atoms with E-state index in [-0.39, 0.29) is 11.3 Å². The average Bonchev–Trinajstić information content (AvgIpc) is 2.80. The van der Waals surface area contributed by atoms with Crippen LogP contribution in [0.5, 0.6) is 0 Å². The number of thioether (sulfide) groups is 1. The van der Waals surface area contributed by atoms with E-state index in [9.17, 15) is 15.2 Å². The van der Waals surface area contributed by atoms with E-state index in [1.165, 1.54) is 31.4 Å². The van der Waals surface area contributed by atoms with Crippen molar-refractivity contribution in [1.82, 2.24) is 0 Å². The monoisotopic (exact) mass is 452 g/mol. The number of piperidine rings is 1. The molecule has 0 radical (unpaired) electrons. The Balaban J connectivity index is 1.80. The fourth-order valence-electron chi connectivity index (χ4n) is 4.32. The van der Waals surface area contributed by atoms with Crippen LogP contribution in [0, 0.1) is 17.2 Å². The first-order valence-corrected chi connectivity index (χ1v) is 12.3. The molecular formula is C26H32N2O3S. The third-order valence-electron chi connectivity index (χ3n) is 6.05. The van der Waals surface area contributed by atoms with Gasteiger partial charge in [0.25, 0.3) is 0 Å². The largest absolute Gasteiger partial charge is 0.394 e. The van der Waals surface area contributed by atoms with Crippen molar-refractivity contribution < 1.29 is 15.0 Å². The molecule has 0 aliphatic carbocycles. The van der Waals surface area contributed by atoms with Crippen molar-refractivity contribution in [2.24, 2.45) is 5.92 Å². The maximum Gasteiger partial charge on any atom is 0.230 e. The molecule has 6 heteroatoms. The molecule has 0 bridgehead atoms. The molecule has 170 valence electrons. The van der Waals surface area contributed by atoms with Gasteiger partial charge in [0.05, 0.1) is 12.7 Å². The zero-order valence-electron chi connectivity index (χ0n) is 18.8. The summed E-state index contributed by atoms with van der Waals surface area (Å²) in [6, 6.07) is 15.0. The maximum absolute atomic E-state index is 12.3. The zero-order valence-corrected chi connectivity index (χ0v) is 19.6. The van der Waals surface area contributed by atoms with Crippen molar-refractivity contribution in [2.45, 2.75) is 51.7 Å². The van der Waals surface area contributed by atoms with Gasteiger partial charge in [-0.15, -0.1) is 0 Å². The maximum atomic E-state index is 12.3. The average molecular weight is 453 g/mol. The summed E-state index contributed by atoms with van der Waals surface area (Å²) in [6.45, 7) is 5.28. The number of nitriles is 1. The molecular weight excluding hydrogens is 420 g/mol. The van der Waals surface area contributed by atoms with Gasteiger partial charge in [0.1, 0.15) is 11.6 Å². The Bertz CT molecular complexity index is 1010. The lowest BCUT2D eigenvalue weighted by molar-refractivity contribution is -0.107. The molecule has 1 aliphatic heterocycles. The molecule has 0 saturated carbocycles. The summed E-state index contributed by atoms with van der Waals surface area (Å²) in [4.78, 5) is 14.8. The number of hydrogen-bond acceptors (Lipinski definition) is 6. The molecule has 2 aromatic rings. The first-order chi connectivity index (χ1) is 15.4. The van der Waals surface area contributed by atoms with E-state index < -0.39 is 17.8 Å². The molecule has 1 saturated heterocycles. The second-order valence-electron chi connectivity index (χ2n) is 8.66. The van der Waals surface area contributed by atoms with Crippen LogP contribution in [0.25, 0.3) is 16.8 Å². The van der Waals surface area contributed by atoms with E-state index in [1.807, 2.05) is 24.3 Å². The summed E-state index contributed by atoms with van der Waals surface area (Å²) < 4.78 is 0. The summed E-state index contributed by atoms with van der Waals surface area (Å²) >= 11 is 0.841. The van der Waals surface area contributed by atoms with E-state index in [0.717, 1.165) is 40.6 Å². The van der Waals surface area contributed by atoms with E-state index in [2.05, 4.69) is 36.9 Å². The van der Waals surface area contributed by atoms with E-state index >= 15 is 0 Å². The molecule has 2 N–H and O–H groups in total. The summed E-state index contributed by atoms with van der Waals surface area (Å²) in [5, 5.41) is 29.5. The fraction of sp³-hybridized carbons (Fsp3) is 0.462. The van der Waals surface area contributed by atoms with Crippen LogP contribution in [0.4, 0.5) is 5.69 Å². The second kappa shape index (κ2) is 11.5. The van der Waals surface area contributed by atoms with Gasteiger partial charge in [0.15, 0.2) is 0 Å². The molecule has 5 nitrogen and oxygen atoms in total. The first-order valence-electron chi connectivity index (χ1n) is 11.3. The third-order valence-corrected chi connectivity index (χ3v) is 7.08. The molecule has 3 atom stereocenters. The molecule has 2 aromatic carbocycles. The summed E-state index contributed by atoms with van der Waals surface area (Å²) in [5.41, 5.74) is 2.08. The van der Waals surface area contributed by atoms with E-state index in [0.29, 0.717) is 6.04 Å². The van der Waals surface area contributed by atoms with Crippen LogP contribution in [0.1, 0.15) is 45.1 Å². The van der Waals surface area contributed by atoms with Crippen LogP contribution in [0.2, 0.25) is 0 Å². The molecule has 1 heterocycles. The standard InChI is InChI=1S/C26H32N2O3S/c1-3-4-23-11-18(2)9-10-28(23)24-8-7-20-12-19(5-6-21(20)14-24)13-22(15-27)26(31)32-17-25(30)16-29/h5-8,12-14,18,23,25,29-30H,3-4,9-11,16-17H2,1-2H3/b22-13+. The fourth-order valence-corrected chi connectivity index (χ4v) is 5.03. The molecule has 32 heavy (non-hydrogen) atoms. The van der Waals surface area contributed by atoms with Gasteiger partial charge in [-0.25, -0.2) is 0 Å². The minimum Gasteiger partial charge on any atom is -0.394 e. The van der Waals surface area contributed by atoms with Gasteiger partial charge in [-0.3, -0.25) is 4.79 Å². The number of rotatable bonds is 8. The lowest BCUT2D eigenvalue weighted by Gasteiger charge is -2.40. The van der Waals surface area contributed by atoms with Crippen LogP contribution >= 0.6 is 11.8 Å². The number of aliphatic hydroxyl groups excluding tert-OH is 2. The van der Waals surface area contributed by atoms with Crippen LogP contribution in [0.3, 0.4) is 0 Å². The van der Waals surface area contributed by atoms with Gasteiger partial charge >= 0.3 is 0 Å². The summed E-state index contributed by atoms with van der Waals surface area (Å²) in [5.74, 6) is 0.836. The highest BCUT2D eigenvalue weighted by Crippen LogP contribution is 2.32. The lowest BCUT2D eigenvalue weighted by atomic mass is 9.89. The van der Waals surface area contributed by atoms with Gasteiger partial charge in [0.2, 0.25) is 5.12 Å². The highest BCUT2D eigenvalue weighted by Gasteiger charge is 2.26. The van der Waals surface area contributed by atoms with Gasteiger partial charge in [0, 0.05) is 24.0 Å². The summed E-state index contributed by atoms with van der Waals surface area (Å²) in [6.07, 6.45) is 5.48. The predicted molar refractivity (Wildman–Crippen MR) is 133 cm³/mol. The highest BCUT2D eigenvalue weighted by molar-refractivity contribution is 8.14. The number of fused-ring (bicyclic) bond motifs is 1. The zero-order chi connectivity index (χ0) is 23.1. The Labute approximate surface area is 194 Å². The van der Waals surface area contributed by atoms with Crippen LogP contribution in [0.15, 0.2) is 42.0 Å². The van der Waals surface area contributed by atoms with Gasteiger partial charge < -0.3 is 15.1 Å². The van der Waals surface area contributed by atoms with E-state index in [4.69, 9.17) is 5.11 Å². The van der Waals surface area contributed by atoms with Crippen molar-refractivity contribution in [1.29, 1.82) is 5.26 Å². The normalized spacial score (nSPS) is 20.2. The minimum absolute atomic E-state index is 0.0287. The molecule has 1 fully saturated rings. The third kappa shape index (κ3) is 6.13. The Kier molecular flexibility index (Phi) is 8.75. The minimum atomic E-state index is -0.973. The number of carbonyl (C=O) groups excluding carboxylic acids is 1. The number of anilines is 1. The number of hydrogen-bond donors (Lipinski definition) is 2. The number of aliphatic hydroxyl groups is 2. The van der Waals surface area contributed by atoms with Crippen molar-refractivity contribution in [3.05, 3.63) is 47.5 Å². The highest BCUT2D eigenvalue weighted by atomic mass is 32.2. The molecule has 0 amide bonds. The van der Waals surface area contributed by atoms with Crippen molar-refractivity contribution in [3.63, 3.8) is 0 Å². The van der Waals surface area contributed by atoms with Crippen molar-refractivity contribution in [3.8, 4) is 6.07 Å². The Morgan fingerprint density at radius 3 is 2.78 bits per heavy atom. The Morgan fingerprint density at radius 1 is 1.31 bits per heavy atom. The van der Waals surface area contributed by atoms with Crippen molar-refractivity contribution in [2.75, 3.05) is 23.8 Å². The van der Waals surface area contributed by atoms with Gasteiger partial charge in [-0.1, -0.05) is 50.2 Å². The lowest BCUT2D eigenvalue weighted by Crippen LogP contribution is -2.42. The first kappa shape index (κ1) is 24.3. The molecule has 3 rings (SSSR count). The van der Waals surface area contributed by atoms with Crippen molar-refractivity contribution >= 4 is 39.4 Å². The smallest absolute Gasteiger partial charge is 0.230 e. The number of benzene rings is 2. The molecule has 0 spiro atoms. The SMILES string of the molecule is CCCC1CC(C)CCN1c1ccc2cc(/C=C(\C#N)C(=O)SCC(O)CO)ccc2c1. The predicted octanol–water partition coefficient (Wildman–Crippen LogP) is 4.76. The van der Waals surface area contributed by atoms with Crippen LogP contribution < -0.4 is 4.90 Å². The number of carbonyl (C=O) groups is 1. The topological polar surface area (TPSA) is 84.6 Å². The Morgan fingerprint density at radius 2 is 2.06 bits per heavy atom. The van der Waals surface area contributed by atoms with Crippen LogP contribution in [-0.2, 0) is 4.79 Å².